The van der Waals surface area contributed by atoms with Crippen LogP contribution in [0.2, 0.25) is 5.02 Å². The van der Waals surface area contributed by atoms with Crippen LogP contribution < -0.4 is 10.1 Å². The van der Waals surface area contributed by atoms with E-state index in [0.717, 1.165) is 10.6 Å². The molecule has 1 amide bonds. The zero-order valence-corrected chi connectivity index (χ0v) is 15.4. The molecule has 0 spiro atoms. The monoisotopic (exact) mass is 379 g/mol. The number of hydrogen-bond acceptors (Lipinski definition) is 5. The summed E-state index contributed by atoms with van der Waals surface area (Å²) in [6.07, 6.45) is -0.916. The van der Waals surface area contributed by atoms with Crippen molar-refractivity contribution < 1.29 is 19.1 Å². The number of methoxy groups -OCH3 is 1. The summed E-state index contributed by atoms with van der Waals surface area (Å²) in [5, 5.41) is 3.05. The molecule has 132 valence electrons. The van der Waals surface area contributed by atoms with Gasteiger partial charge in [0.05, 0.1) is 23.6 Å². The standard InChI is InChI=1S/C18H18ClNO4S/c1-12(18(22)20-16-6-4-3-5-15(16)19)24-17(21)11-25-14-9-7-13(23-2)8-10-14/h3-10,12H,11H2,1-2H3,(H,20,22)/t12-/m0/s1. The van der Waals surface area contributed by atoms with Crippen LogP contribution in [0.1, 0.15) is 6.92 Å². The smallest absolute Gasteiger partial charge is 0.317 e. The second-order valence-electron chi connectivity index (χ2n) is 5.07. The summed E-state index contributed by atoms with van der Waals surface area (Å²) in [5.74, 6) is -0.0499. The summed E-state index contributed by atoms with van der Waals surface area (Å²) in [7, 11) is 1.59. The van der Waals surface area contributed by atoms with Crippen molar-refractivity contribution in [1.29, 1.82) is 0 Å². The average molecular weight is 380 g/mol. The Kier molecular flexibility index (Phi) is 7.16. The first-order chi connectivity index (χ1) is 12.0. The number of para-hydroxylation sites is 1. The summed E-state index contributed by atoms with van der Waals surface area (Å²) >= 11 is 7.31. The van der Waals surface area contributed by atoms with E-state index in [9.17, 15) is 9.59 Å². The minimum absolute atomic E-state index is 0.107. The lowest BCUT2D eigenvalue weighted by Crippen LogP contribution is -2.30. The normalized spacial score (nSPS) is 11.5. The van der Waals surface area contributed by atoms with Crippen LogP contribution in [-0.4, -0.2) is 30.8 Å². The van der Waals surface area contributed by atoms with Crippen molar-refractivity contribution in [3.05, 3.63) is 53.6 Å². The number of benzene rings is 2. The number of thioether (sulfide) groups is 1. The Labute approximate surface area is 155 Å². The van der Waals surface area contributed by atoms with Gasteiger partial charge in [0, 0.05) is 4.90 Å². The number of ether oxygens (including phenoxy) is 2. The van der Waals surface area contributed by atoms with E-state index >= 15 is 0 Å². The zero-order valence-electron chi connectivity index (χ0n) is 13.8. The molecule has 0 saturated heterocycles. The van der Waals surface area contributed by atoms with Crippen LogP contribution in [-0.2, 0) is 14.3 Å². The molecule has 0 saturated carbocycles. The molecular formula is C18H18ClNO4S. The third-order valence-electron chi connectivity index (χ3n) is 3.23. The molecule has 0 aromatic heterocycles. The van der Waals surface area contributed by atoms with Gasteiger partial charge in [-0.2, -0.15) is 0 Å². The molecule has 2 rings (SSSR count). The number of carbonyl (C=O) groups is 2. The molecule has 7 heteroatoms. The Hall–Kier alpha value is -2.18. The van der Waals surface area contributed by atoms with Crippen molar-refractivity contribution in [2.75, 3.05) is 18.2 Å². The van der Waals surface area contributed by atoms with Gasteiger partial charge in [-0.1, -0.05) is 23.7 Å². The van der Waals surface area contributed by atoms with E-state index in [1.54, 1.807) is 31.4 Å². The molecule has 0 heterocycles. The van der Waals surface area contributed by atoms with Crippen LogP contribution in [0.25, 0.3) is 0 Å². The molecule has 25 heavy (non-hydrogen) atoms. The largest absolute Gasteiger partial charge is 0.497 e. The topological polar surface area (TPSA) is 64.6 Å². The van der Waals surface area contributed by atoms with Crippen LogP contribution in [0.15, 0.2) is 53.4 Å². The molecule has 1 atom stereocenters. The van der Waals surface area contributed by atoms with Crippen molar-refractivity contribution in [2.45, 2.75) is 17.9 Å². The highest BCUT2D eigenvalue weighted by Gasteiger charge is 2.18. The Morgan fingerprint density at radius 3 is 2.48 bits per heavy atom. The number of esters is 1. The van der Waals surface area contributed by atoms with Crippen LogP contribution in [0, 0.1) is 0 Å². The number of hydrogen-bond donors (Lipinski definition) is 1. The molecular weight excluding hydrogens is 362 g/mol. The second kappa shape index (κ2) is 9.34. The van der Waals surface area contributed by atoms with Gasteiger partial charge in [-0.15, -0.1) is 11.8 Å². The molecule has 2 aromatic rings. The molecule has 0 aliphatic rings. The predicted molar refractivity (Wildman–Crippen MR) is 99.4 cm³/mol. The number of amides is 1. The maximum atomic E-state index is 12.1. The maximum Gasteiger partial charge on any atom is 0.317 e. The highest BCUT2D eigenvalue weighted by atomic mass is 35.5. The third kappa shape index (κ3) is 5.99. The Balaban J connectivity index is 1.80. The van der Waals surface area contributed by atoms with Crippen LogP contribution >= 0.6 is 23.4 Å². The second-order valence-corrected chi connectivity index (χ2v) is 6.52. The van der Waals surface area contributed by atoms with Gasteiger partial charge in [0.2, 0.25) is 0 Å². The first-order valence-corrected chi connectivity index (χ1v) is 8.87. The molecule has 0 bridgehead atoms. The Morgan fingerprint density at radius 1 is 1.16 bits per heavy atom. The van der Waals surface area contributed by atoms with Gasteiger partial charge in [0.25, 0.3) is 5.91 Å². The molecule has 5 nitrogen and oxygen atoms in total. The van der Waals surface area contributed by atoms with Gasteiger partial charge in [-0.25, -0.2) is 0 Å². The maximum absolute atomic E-state index is 12.1. The zero-order chi connectivity index (χ0) is 18.2. The van der Waals surface area contributed by atoms with E-state index in [1.807, 2.05) is 24.3 Å². The van der Waals surface area contributed by atoms with Crippen LogP contribution in [0.3, 0.4) is 0 Å². The molecule has 0 aliphatic heterocycles. The SMILES string of the molecule is COc1ccc(SCC(=O)O[C@@H](C)C(=O)Nc2ccccc2Cl)cc1. The van der Waals surface area contributed by atoms with Crippen molar-refractivity contribution in [1.82, 2.24) is 0 Å². The molecule has 1 N–H and O–H groups in total. The first-order valence-electron chi connectivity index (χ1n) is 7.51. The van der Waals surface area contributed by atoms with Crippen molar-refractivity contribution in [3.8, 4) is 5.75 Å². The fourth-order valence-corrected chi connectivity index (χ4v) is 2.76. The molecule has 0 fully saturated rings. The van der Waals surface area contributed by atoms with Gasteiger partial charge >= 0.3 is 5.97 Å². The van der Waals surface area contributed by atoms with E-state index < -0.39 is 18.0 Å². The Bertz CT molecular complexity index is 736. The molecule has 0 radical (unpaired) electrons. The van der Waals surface area contributed by atoms with Crippen molar-refractivity contribution >= 4 is 40.9 Å². The molecule has 0 aliphatic carbocycles. The minimum Gasteiger partial charge on any atom is -0.497 e. The first kappa shape index (κ1) is 19.1. The Morgan fingerprint density at radius 2 is 1.84 bits per heavy atom. The summed E-state index contributed by atoms with van der Waals surface area (Å²) in [5.41, 5.74) is 0.477. The van der Waals surface area contributed by atoms with Gasteiger partial charge in [-0.3, -0.25) is 9.59 Å². The van der Waals surface area contributed by atoms with E-state index in [1.165, 1.54) is 18.7 Å². The number of carbonyl (C=O) groups excluding carboxylic acids is 2. The number of nitrogens with one attached hydrogen (secondary N) is 1. The van der Waals surface area contributed by atoms with Crippen molar-refractivity contribution in [2.24, 2.45) is 0 Å². The van der Waals surface area contributed by atoms with E-state index in [-0.39, 0.29) is 5.75 Å². The number of anilines is 1. The predicted octanol–water partition coefficient (Wildman–Crippen LogP) is 4.01. The molecule has 2 aromatic carbocycles. The van der Waals surface area contributed by atoms with Gasteiger partial charge in [0.1, 0.15) is 5.75 Å². The van der Waals surface area contributed by atoms with E-state index in [4.69, 9.17) is 21.1 Å². The lowest BCUT2D eigenvalue weighted by molar-refractivity contribution is -0.150. The highest BCUT2D eigenvalue weighted by Crippen LogP contribution is 2.22. The summed E-state index contributed by atoms with van der Waals surface area (Å²) in [6.45, 7) is 1.52. The lowest BCUT2D eigenvalue weighted by atomic mass is 10.3. The van der Waals surface area contributed by atoms with Crippen LogP contribution in [0.5, 0.6) is 5.75 Å². The summed E-state index contributed by atoms with van der Waals surface area (Å²) in [4.78, 5) is 24.9. The fraction of sp³-hybridized carbons (Fsp3) is 0.222. The third-order valence-corrected chi connectivity index (χ3v) is 4.54. The van der Waals surface area contributed by atoms with E-state index in [0.29, 0.717) is 10.7 Å². The fourth-order valence-electron chi connectivity index (χ4n) is 1.90. The minimum atomic E-state index is -0.916. The quantitative estimate of drug-likeness (QED) is 0.581. The van der Waals surface area contributed by atoms with E-state index in [2.05, 4.69) is 5.32 Å². The molecule has 0 unspecified atom stereocenters. The van der Waals surface area contributed by atoms with Crippen molar-refractivity contribution in [3.63, 3.8) is 0 Å². The average Bonchev–Trinajstić information content (AvgIpc) is 2.62. The number of halogens is 1. The lowest BCUT2D eigenvalue weighted by Gasteiger charge is -2.14. The number of rotatable bonds is 7. The van der Waals surface area contributed by atoms with Gasteiger partial charge in [-0.05, 0) is 43.3 Å². The highest BCUT2D eigenvalue weighted by molar-refractivity contribution is 8.00. The van der Waals surface area contributed by atoms with Gasteiger partial charge < -0.3 is 14.8 Å². The summed E-state index contributed by atoms with van der Waals surface area (Å²) < 4.78 is 10.2. The van der Waals surface area contributed by atoms with Gasteiger partial charge in [0.15, 0.2) is 6.10 Å². The summed E-state index contributed by atoms with van der Waals surface area (Å²) in [6, 6.07) is 14.2. The van der Waals surface area contributed by atoms with Crippen LogP contribution in [0.4, 0.5) is 5.69 Å².